The predicted molar refractivity (Wildman–Crippen MR) is 90.9 cm³/mol. The van der Waals surface area contributed by atoms with Gasteiger partial charge in [0.1, 0.15) is 5.65 Å². The summed E-state index contributed by atoms with van der Waals surface area (Å²) < 4.78 is 28.8. The van der Waals surface area contributed by atoms with E-state index in [1.807, 2.05) is 54.0 Å². The highest BCUT2D eigenvalue weighted by atomic mass is 32.2. The highest BCUT2D eigenvalue weighted by molar-refractivity contribution is 7.93. The van der Waals surface area contributed by atoms with E-state index in [0.29, 0.717) is 5.69 Å². The Kier molecular flexibility index (Phi) is 3.16. The molecular formula is C17H17N3O2S. The van der Waals surface area contributed by atoms with Crippen LogP contribution in [0.4, 0.5) is 5.69 Å². The second-order valence-corrected chi connectivity index (χ2v) is 7.94. The molecule has 0 amide bonds. The van der Waals surface area contributed by atoms with Crippen LogP contribution in [0.5, 0.6) is 0 Å². The minimum atomic E-state index is -3.25. The number of aryl methyl sites for hydroxylation is 1. The Morgan fingerprint density at radius 3 is 2.78 bits per heavy atom. The van der Waals surface area contributed by atoms with Crippen molar-refractivity contribution in [2.75, 3.05) is 4.72 Å². The number of imidazole rings is 1. The molecule has 0 bridgehead atoms. The van der Waals surface area contributed by atoms with Crippen molar-refractivity contribution in [1.82, 2.24) is 9.38 Å². The number of pyridine rings is 1. The second-order valence-electron chi connectivity index (χ2n) is 5.98. The number of sulfonamides is 1. The van der Waals surface area contributed by atoms with Crippen molar-refractivity contribution in [2.24, 2.45) is 0 Å². The van der Waals surface area contributed by atoms with Crippen LogP contribution in [0.15, 0.2) is 48.8 Å². The first-order valence-electron chi connectivity index (χ1n) is 7.59. The van der Waals surface area contributed by atoms with E-state index in [4.69, 9.17) is 0 Å². The largest absolute Gasteiger partial charge is 0.306 e. The van der Waals surface area contributed by atoms with Crippen molar-refractivity contribution in [3.63, 3.8) is 0 Å². The Hall–Kier alpha value is -2.34. The van der Waals surface area contributed by atoms with Crippen molar-refractivity contribution in [3.8, 4) is 11.3 Å². The van der Waals surface area contributed by atoms with E-state index in [-0.39, 0.29) is 5.25 Å². The SMILES string of the molecule is Cc1cccn2cc(-c3cccc(NS(=O)(=O)C4CC4)c3)nc12. The summed E-state index contributed by atoms with van der Waals surface area (Å²) in [7, 11) is -3.25. The molecule has 6 heteroatoms. The standard InChI is InChI=1S/C17H17N3O2S/c1-12-4-3-9-20-11-16(18-17(12)20)13-5-2-6-14(10-13)19-23(21,22)15-7-8-15/h2-6,9-11,15,19H,7-8H2,1H3. The van der Waals surface area contributed by atoms with Gasteiger partial charge in [-0.15, -0.1) is 0 Å². The van der Waals surface area contributed by atoms with E-state index >= 15 is 0 Å². The zero-order valence-corrected chi connectivity index (χ0v) is 13.5. The van der Waals surface area contributed by atoms with Gasteiger partial charge in [-0.1, -0.05) is 18.2 Å². The van der Waals surface area contributed by atoms with Gasteiger partial charge in [-0.2, -0.15) is 0 Å². The third kappa shape index (κ3) is 2.70. The zero-order chi connectivity index (χ0) is 16.0. The first kappa shape index (κ1) is 14.3. The Labute approximate surface area is 135 Å². The number of hydrogen-bond acceptors (Lipinski definition) is 3. The molecule has 0 saturated heterocycles. The van der Waals surface area contributed by atoms with E-state index in [9.17, 15) is 8.42 Å². The summed E-state index contributed by atoms with van der Waals surface area (Å²) >= 11 is 0. The molecule has 2 aromatic heterocycles. The van der Waals surface area contributed by atoms with Gasteiger partial charge in [0.15, 0.2) is 0 Å². The highest BCUT2D eigenvalue weighted by Crippen LogP contribution is 2.30. The molecule has 0 radical (unpaired) electrons. The number of aromatic nitrogens is 2. The molecule has 4 rings (SSSR count). The summed E-state index contributed by atoms with van der Waals surface area (Å²) in [5.41, 5.74) is 4.31. The summed E-state index contributed by atoms with van der Waals surface area (Å²) in [6.45, 7) is 2.02. The van der Waals surface area contributed by atoms with Crippen LogP contribution in [0.1, 0.15) is 18.4 Å². The molecule has 3 aromatic rings. The van der Waals surface area contributed by atoms with Crippen molar-refractivity contribution >= 4 is 21.4 Å². The molecule has 1 fully saturated rings. The highest BCUT2D eigenvalue weighted by Gasteiger charge is 2.35. The number of rotatable bonds is 4. The summed E-state index contributed by atoms with van der Waals surface area (Å²) in [6.07, 6.45) is 5.41. The average molecular weight is 327 g/mol. The molecule has 1 saturated carbocycles. The average Bonchev–Trinajstić information content (AvgIpc) is 3.28. The maximum absolute atomic E-state index is 12.1. The lowest BCUT2D eigenvalue weighted by atomic mass is 10.1. The van der Waals surface area contributed by atoms with Crippen LogP contribution >= 0.6 is 0 Å². The predicted octanol–water partition coefficient (Wildman–Crippen LogP) is 3.21. The topological polar surface area (TPSA) is 63.5 Å². The van der Waals surface area contributed by atoms with E-state index in [2.05, 4.69) is 9.71 Å². The molecule has 23 heavy (non-hydrogen) atoms. The van der Waals surface area contributed by atoms with Crippen LogP contribution in [0.2, 0.25) is 0 Å². The van der Waals surface area contributed by atoms with Gasteiger partial charge in [0.05, 0.1) is 10.9 Å². The minimum absolute atomic E-state index is 0.232. The van der Waals surface area contributed by atoms with Gasteiger partial charge in [-0.25, -0.2) is 13.4 Å². The van der Waals surface area contributed by atoms with Crippen LogP contribution < -0.4 is 4.72 Å². The molecule has 2 heterocycles. The Morgan fingerprint density at radius 1 is 1.22 bits per heavy atom. The quantitative estimate of drug-likeness (QED) is 0.800. The number of benzene rings is 1. The molecule has 0 unspecified atom stereocenters. The second kappa shape index (κ2) is 5.09. The first-order chi connectivity index (χ1) is 11.0. The summed E-state index contributed by atoms with van der Waals surface area (Å²) in [5, 5.41) is -0.232. The number of nitrogens with zero attached hydrogens (tertiary/aromatic N) is 2. The molecule has 1 N–H and O–H groups in total. The lowest BCUT2D eigenvalue weighted by Crippen LogP contribution is -2.17. The van der Waals surface area contributed by atoms with Crippen LogP contribution in [0.25, 0.3) is 16.9 Å². The third-order valence-corrected chi connectivity index (χ3v) is 5.93. The van der Waals surface area contributed by atoms with Gasteiger partial charge in [0, 0.05) is 23.6 Å². The number of nitrogens with one attached hydrogen (secondary N) is 1. The number of hydrogen-bond donors (Lipinski definition) is 1. The summed E-state index contributed by atoms with van der Waals surface area (Å²) in [5.74, 6) is 0. The monoisotopic (exact) mass is 327 g/mol. The molecule has 1 aliphatic carbocycles. The molecule has 0 spiro atoms. The zero-order valence-electron chi connectivity index (χ0n) is 12.7. The van der Waals surface area contributed by atoms with Gasteiger partial charge in [0.2, 0.25) is 10.0 Å². The van der Waals surface area contributed by atoms with Gasteiger partial charge in [-0.05, 0) is 43.5 Å². The Balaban J connectivity index is 1.71. The molecule has 1 aliphatic rings. The van der Waals surface area contributed by atoms with Crippen molar-refractivity contribution < 1.29 is 8.42 Å². The summed E-state index contributed by atoms with van der Waals surface area (Å²) in [4.78, 5) is 4.65. The third-order valence-electron chi connectivity index (χ3n) is 4.06. The maximum atomic E-state index is 12.1. The fraction of sp³-hybridized carbons (Fsp3) is 0.235. The van der Waals surface area contributed by atoms with Crippen LogP contribution in [-0.4, -0.2) is 23.1 Å². The van der Waals surface area contributed by atoms with Crippen LogP contribution in [0, 0.1) is 6.92 Å². The van der Waals surface area contributed by atoms with Crippen LogP contribution in [-0.2, 0) is 10.0 Å². The first-order valence-corrected chi connectivity index (χ1v) is 9.14. The van der Waals surface area contributed by atoms with Crippen molar-refractivity contribution in [1.29, 1.82) is 0 Å². The smallest absolute Gasteiger partial charge is 0.235 e. The van der Waals surface area contributed by atoms with E-state index in [1.54, 1.807) is 6.07 Å². The lowest BCUT2D eigenvalue weighted by molar-refractivity contribution is 0.600. The van der Waals surface area contributed by atoms with E-state index < -0.39 is 10.0 Å². The normalized spacial score (nSPS) is 15.0. The number of anilines is 1. The Bertz CT molecular complexity index is 988. The Morgan fingerprint density at radius 2 is 2.04 bits per heavy atom. The van der Waals surface area contributed by atoms with Gasteiger partial charge in [-0.3, -0.25) is 4.72 Å². The van der Waals surface area contributed by atoms with Gasteiger partial charge in [0.25, 0.3) is 0 Å². The molecule has 0 aliphatic heterocycles. The fourth-order valence-corrected chi connectivity index (χ4v) is 4.04. The summed E-state index contributed by atoms with van der Waals surface area (Å²) in [6, 6.07) is 11.4. The van der Waals surface area contributed by atoms with Crippen molar-refractivity contribution in [3.05, 3.63) is 54.4 Å². The number of fused-ring (bicyclic) bond motifs is 1. The van der Waals surface area contributed by atoms with Gasteiger partial charge >= 0.3 is 0 Å². The maximum Gasteiger partial charge on any atom is 0.235 e. The fourth-order valence-electron chi connectivity index (χ4n) is 2.66. The molecule has 118 valence electrons. The lowest BCUT2D eigenvalue weighted by Gasteiger charge is -2.07. The van der Waals surface area contributed by atoms with Crippen molar-refractivity contribution in [2.45, 2.75) is 25.0 Å². The molecule has 0 atom stereocenters. The van der Waals surface area contributed by atoms with Crippen LogP contribution in [0.3, 0.4) is 0 Å². The van der Waals surface area contributed by atoms with Gasteiger partial charge < -0.3 is 4.40 Å². The van der Waals surface area contributed by atoms with E-state index in [0.717, 1.165) is 35.3 Å². The molecule has 1 aromatic carbocycles. The minimum Gasteiger partial charge on any atom is -0.306 e. The van der Waals surface area contributed by atoms with E-state index in [1.165, 1.54) is 0 Å². The molecular weight excluding hydrogens is 310 g/mol. The molecule has 5 nitrogen and oxygen atoms in total.